The zero-order valence-corrected chi connectivity index (χ0v) is 19.2. The largest absolute Gasteiger partial charge is 0.405 e. The average Bonchev–Trinajstić information content (AvgIpc) is 3.14. The van der Waals surface area contributed by atoms with Gasteiger partial charge in [0.15, 0.2) is 5.69 Å². The molecule has 7 nitrogen and oxygen atoms in total. The van der Waals surface area contributed by atoms with Crippen LogP contribution in [0.25, 0.3) is 10.9 Å². The Morgan fingerprint density at radius 1 is 1.11 bits per heavy atom. The SMILES string of the molecule is CC(C)(C)C(NC(=O)c1nn(Cc2ccc(C#N)cc2)c2c(F)cccc12)C(=O)NCC(F)(F)F. The molecule has 1 atom stereocenters. The molecule has 2 aromatic carbocycles. The van der Waals surface area contributed by atoms with Crippen molar-refractivity contribution in [2.75, 3.05) is 6.54 Å². The lowest BCUT2D eigenvalue weighted by atomic mass is 9.86. The predicted octanol–water partition coefficient (Wildman–Crippen LogP) is 3.92. The van der Waals surface area contributed by atoms with Crippen molar-refractivity contribution in [1.29, 1.82) is 5.26 Å². The second kappa shape index (κ2) is 9.74. The number of para-hydroxylation sites is 1. The minimum Gasteiger partial charge on any atom is -0.345 e. The maximum atomic E-state index is 14.7. The van der Waals surface area contributed by atoms with Crippen LogP contribution in [0.2, 0.25) is 0 Å². The van der Waals surface area contributed by atoms with Gasteiger partial charge in [0.25, 0.3) is 5.91 Å². The number of halogens is 4. The number of fused-ring (bicyclic) bond motifs is 1. The molecule has 2 amide bonds. The lowest BCUT2D eigenvalue weighted by Crippen LogP contribution is -2.54. The molecule has 1 unspecified atom stereocenters. The van der Waals surface area contributed by atoms with E-state index in [4.69, 9.17) is 5.26 Å². The number of hydrogen-bond acceptors (Lipinski definition) is 4. The van der Waals surface area contributed by atoms with Crippen molar-refractivity contribution < 1.29 is 27.2 Å². The Morgan fingerprint density at radius 2 is 1.77 bits per heavy atom. The molecule has 0 bridgehead atoms. The van der Waals surface area contributed by atoms with Crippen LogP contribution >= 0.6 is 0 Å². The molecule has 3 rings (SSSR count). The summed E-state index contributed by atoms with van der Waals surface area (Å²) in [5.41, 5.74) is 0.0872. The number of nitriles is 1. The van der Waals surface area contributed by atoms with Gasteiger partial charge in [-0.2, -0.15) is 23.5 Å². The molecular weight excluding hydrogens is 466 g/mol. The molecule has 0 saturated carbocycles. The van der Waals surface area contributed by atoms with Gasteiger partial charge in [-0.3, -0.25) is 14.3 Å². The Bertz CT molecular complexity index is 1280. The topological polar surface area (TPSA) is 99.8 Å². The molecule has 1 heterocycles. The zero-order valence-electron chi connectivity index (χ0n) is 19.2. The summed E-state index contributed by atoms with van der Waals surface area (Å²) < 4.78 is 53.7. The molecule has 0 spiro atoms. The van der Waals surface area contributed by atoms with E-state index in [9.17, 15) is 27.2 Å². The zero-order chi connectivity index (χ0) is 26.0. The van der Waals surface area contributed by atoms with Crippen LogP contribution in [0.5, 0.6) is 0 Å². The second-order valence-electron chi connectivity index (χ2n) is 9.06. The van der Waals surface area contributed by atoms with E-state index in [1.807, 2.05) is 6.07 Å². The number of hydrogen-bond donors (Lipinski definition) is 2. The molecule has 2 N–H and O–H groups in total. The first-order valence-corrected chi connectivity index (χ1v) is 10.6. The average molecular weight is 489 g/mol. The van der Waals surface area contributed by atoms with E-state index in [-0.39, 0.29) is 23.1 Å². The molecule has 11 heteroatoms. The lowest BCUT2D eigenvalue weighted by molar-refractivity contribution is -0.140. The number of amides is 2. The maximum Gasteiger partial charge on any atom is 0.405 e. The highest BCUT2D eigenvalue weighted by atomic mass is 19.4. The van der Waals surface area contributed by atoms with Crippen LogP contribution in [0, 0.1) is 22.6 Å². The number of aromatic nitrogens is 2. The van der Waals surface area contributed by atoms with Crippen LogP contribution in [0.3, 0.4) is 0 Å². The fraction of sp³-hybridized carbons (Fsp3) is 0.333. The van der Waals surface area contributed by atoms with Crippen LogP contribution < -0.4 is 10.6 Å². The fourth-order valence-electron chi connectivity index (χ4n) is 3.50. The molecule has 0 aliphatic carbocycles. The van der Waals surface area contributed by atoms with Gasteiger partial charge >= 0.3 is 6.18 Å². The van der Waals surface area contributed by atoms with Crippen LogP contribution in [0.15, 0.2) is 42.5 Å². The third kappa shape index (κ3) is 6.15. The molecule has 0 fully saturated rings. The van der Waals surface area contributed by atoms with Crippen LogP contribution in [-0.2, 0) is 11.3 Å². The van der Waals surface area contributed by atoms with Gasteiger partial charge in [-0.25, -0.2) is 4.39 Å². The number of rotatable bonds is 6. The number of carbonyl (C=O) groups is 2. The molecule has 0 saturated heterocycles. The van der Waals surface area contributed by atoms with E-state index in [1.165, 1.54) is 22.9 Å². The summed E-state index contributed by atoms with van der Waals surface area (Å²) in [7, 11) is 0. The van der Waals surface area contributed by atoms with Crippen LogP contribution in [0.1, 0.15) is 42.4 Å². The van der Waals surface area contributed by atoms with Crippen LogP contribution in [0.4, 0.5) is 17.6 Å². The molecule has 184 valence electrons. The normalized spacial score (nSPS) is 12.7. The summed E-state index contributed by atoms with van der Waals surface area (Å²) >= 11 is 0. The summed E-state index contributed by atoms with van der Waals surface area (Å²) in [6.07, 6.45) is -4.61. The maximum absolute atomic E-state index is 14.7. The summed E-state index contributed by atoms with van der Waals surface area (Å²) in [4.78, 5) is 25.6. The van der Waals surface area contributed by atoms with E-state index in [0.717, 1.165) is 0 Å². The summed E-state index contributed by atoms with van der Waals surface area (Å²) in [6.45, 7) is 3.32. The van der Waals surface area contributed by atoms with E-state index in [1.54, 1.807) is 50.4 Å². The van der Waals surface area contributed by atoms with Gasteiger partial charge in [0.05, 0.1) is 18.2 Å². The Kier molecular flexibility index (Phi) is 7.14. The smallest absolute Gasteiger partial charge is 0.345 e. The van der Waals surface area contributed by atoms with Crippen molar-refractivity contribution in [2.24, 2.45) is 5.41 Å². The predicted molar refractivity (Wildman–Crippen MR) is 120 cm³/mol. The quantitative estimate of drug-likeness (QED) is 0.513. The highest BCUT2D eigenvalue weighted by Crippen LogP contribution is 2.25. The standard InChI is InChI=1S/C24H23F4N5O2/c1-23(2,3)20(22(35)30-13-24(26,27)28)31-21(34)18-16-5-4-6-17(25)19(16)33(32-18)12-15-9-7-14(11-29)8-10-15/h4-10,20H,12-13H2,1-3H3,(H,30,35)(H,31,34). The van der Waals surface area contributed by atoms with Crippen molar-refractivity contribution in [3.63, 3.8) is 0 Å². The second-order valence-corrected chi connectivity index (χ2v) is 9.06. The van der Waals surface area contributed by atoms with Gasteiger partial charge < -0.3 is 10.6 Å². The third-order valence-corrected chi connectivity index (χ3v) is 5.22. The van der Waals surface area contributed by atoms with Gasteiger partial charge in [0, 0.05) is 5.39 Å². The molecule has 0 aliphatic rings. The van der Waals surface area contributed by atoms with Gasteiger partial charge in [-0.1, -0.05) is 45.0 Å². The fourth-order valence-corrected chi connectivity index (χ4v) is 3.50. The summed E-state index contributed by atoms with van der Waals surface area (Å²) in [5, 5.41) is 17.6. The van der Waals surface area contributed by atoms with Crippen LogP contribution in [-0.4, -0.2) is 40.4 Å². The Hall–Kier alpha value is -3.94. The van der Waals surface area contributed by atoms with E-state index >= 15 is 0 Å². The van der Waals surface area contributed by atoms with Gasteiger partial charge in [0.1, 0.15) is 23.9 Å². The van der Waals surface area contributed by atoms with Crippen molar-refractivity contribution >= 4 is 22.7 Å². The summed E-state index contributed by atoms with van der Waals surface area (Å²) in [6, 6.07) is 11.3. The minimum atomic E-state index is -4.61. The van der Waals surface area contributed by atoms with E-state index in [2.05, 4.69) is 10.4 Å². The number of nitrogens with zero attached hydrogens (tertiary/aromatic N) is 3. The van der Waals surface area contributed by atoms with E-state index in [0.29, 0.717) is 11.1 Å². The third-order valence-electron chi connectivity index (χ3n) is 5.22. The number of alkyl halides is 3. The highest BCUT2D eigenvalue weighted by Gasteiger charge is 2.36. The van der Waals surface area contributed by atoms with Crippen molar-refractivity contribution in [2.45, 2.75) is 39.5 Å². The molecular formula is C24H23F4N5O2. The molecule has 35 heavy (non-hydrogen) atoms. The monoisotopic (exact) mass is 489 g/mol. The Morgan fingerprint density at radius 3 is 2.34 bits per heavy atom. The van der Waals surface area contributed by atoms with Gasteiger partial charge in [0.2, 0.25) is 5.91 Å². The number of carbonyl (C=O) groups excluding carboxylic acids is 2. The number of nitrogens with one attached hydrogen (secondary N) is 2. The molecule has 3 aromatic rings. The van der Waals surface area contributed by atoms with Crippen molar-refractivity contribution in [3.05, 3.63) is 65.1 Å². The van der Waals surface area contributed by atoms with Gasteiger partial charge in [-0.05, 0) is 29.2 Å². The molecule has 0 aliphatic heterocycles. The number of benzene rings is 2. The first-order chi connectivity index (χ1) is 16.3. The van der Waals surface area contributed by atoms with E-state index < -0.39 is 41.8 Å². The van der Waals surface area contributed by atoms with Crippen molar-refractivity contribution in [3.8, 4) is 6.07 Å². The summed E-state index contributed by atoms with van der Waals surface area (Å²) in [5.74, 6) is -2.46. The highest BCUT2D eigenvalue weighted by molar-refractivity contribution is 6.06. The Labute approximate surface area is 198 Å². The first kappa shape index (κ1) is 25.7. The van der Waals surface area contributed by atoms with Crippen molar-refractivity contribution in [1.82, 2.24) is 20.4 Å². The van der Waals surface area contributed by atoms with Gasteiger partial charge in [-0.15, -0.1) is 0 Å². The molecule has 0 radical (unpaired) electrons. The minimum absolute atomic E-state index is 0.0517. The Balaban J connectivity index is 1.94. The first-order valence-electron chi connectivity index (χ1n) is 10.6. The lowest BCUT2D eigenvalue weighted by Gasteiger charge is -2.30. The molecule has 1 aromatic heterocycles.